The van der Waals surface area contributed by atoms with Crippen molar-refractivity contribution < 1.29 is 10.2 Å². The third-order valence-corrected chi connectivity index (χ3v) is 5.38. The van der Waals surface area contributed by atoms with Crippen LogP contribution in [0.4, 0.5) is 0 Å². The summed E-state index contributed by atoms with van der Waals surface area (Å²) >= 11 is 1.88. The first-order valence-electron chi connectivity index (χ1n) is 5.84. The fraction of sp³-hybridized carbons (Fsp3) is 1.00. The molecule has 1 atom stereocenters. The van der Waals surface area contributed by atoms with Gasteiger partial charge in [-0.25, -0.2) is 0 Å². The van der Waals surface area contributed by atoms with Crippen LogP contribution in [0.1, 0.15) is 25.7 Å². The Labute approximate surface area is 95.6 Å². The number of hydrogen-bond donors (Lipinski definition) is 3. The SMILES string of the molecule is OCC1(C2(O)CCNCC2)CCCSC1. The number of rotatable bonds is 2. The molecule has 0 aromatic rings. The smallest absolute Gasteiger partial charge is 0.0757 e. The van der Waals surface area contributed by atoms with Gasteiger partial charge >= 0.3 is 0 Å². The zero-order valence-electron chi connectivity index (χ0n) is 9.17. The van der Waals surface area contributed by atoms with Gasteiger partial charge in [0.05, 0.1) is 12.2 Å². The van der Waals surface area contributed by atoms with E-state index in [4.69, 9.17) is 0 Å². The van der Waals surface area contributed by atoms with E-state index in [2.05, 4.69) is 5.32 Å². The van der Waals surface area contributed by atoms with Gasteiger partial charge in [-0.3, -0.25) is 0 Å². The number of aliphatic hydroxyl groups is 2. The quantitative estimate of drug-likeness (QED) is 0.652. The molecule has 0 spiro atoms. The molecule has 0 saturated carbocycles. The summed E-state index contributed by atoms with van der Waals surface area (Å²) in [7, 11) is 0. The highest BCUT2D eigenvalue weighted by atomic mass is 32.2. The molecule has 0 aromatic heterocycles. The Morgan fingerprint density at radius 1 is 1.20 bits per heavy atom. The summed E-state index contributed by atoms with van der Waals surface area (Å²) in [6, 6.07) is 0. The van der Waals surface area contributed by atoms with E-state index in [1.54, 1.807) is 0 Å². The summed E-state index contributed by atoms with van der Waals surface area (Å²) in [5, 5.41) is 23.7. The maximum absolute atomic E-state index is 10.7. The number of hydrogen-bond acceptors (Lipinski definition) is 4. The van der Waals surface area contributed by atoms with E-state index in [1.165, 1.54) is 5.75 Å². The lowest BCUT2D eigenvalue weighted by Crippen LogP contribution is -2.58. The summed E-state index contributed by atoms with van der Waals surface area (Å²) in [6.07, 6.45) is 3.68. The minimum atomic E-state index is -0.638. The van der Waals surface area contributed by atoms with Crippen LogP contribution in [-0.2, 0) is 0 Å². The van der Waals surface area contributed by atoms with Crippen LogP contribution in [0.15, 0.2) is 0 Å². The maximum atomic E-state index is 10.7. The molecule has 15 heavy (non-hydrogen) atoms. The molecule has 2 aliphatic rings. The first kappa shape index (κ1) is 11.7. The van der Waals surface area contributed by atoms with Crippen LogP contribution in [0.3, 0.4) is 0 Å². The van der Waals surface area contributed by atoms with E-state index in [0.717, 1.165) is 44.5 Å². The Morgan fingerprint density at radius 2 is 1.93 bits per heavy atom. The summed E-state index contributed by atoms with van der Waals surface area (Å²) < 4.78 is 0. The van der Waals surface area contributed by atoms with Gasteiger partial charge in [-0.05, 0) is 44.5 Å². The Bertz CT molecular complexity index is 211. The van der Waals surface area contributed by atoms with Crippen molar-refractivity contribution in [3.8, 4) is 0 Å². The molecule has 88 valence electrons. The van der Waals surface area contributed by atoms with Gasteiger partial charge in [0.15, 0.2) is 0 Å². The van der Waals surface area contributed by atoms with Crippen LogP contribution in [0.25, 0.3) is 0 Å². The van der Waals surface area contributed by atoms with Crippen molar-refractivity contribution in [2.75, 3.05) is 31.2 Å². The Morgan fingerprint density at radius 3 is 2.47 bits per heavy atom. The number of aliphatic hydroxyl groups excluding tert-OH is 1. The maximum Gasteiger partial charge on any atom is 0.0757 e. The van der Waals surface area contributed by atoms with Crippen molar-refractivity contribution >= 4 is 11.8 Å². The minimum absolute atomic E-state index is 0.135. The predicted molar refractivity (Wildman–Crippen MR) is 63.1 cm³/mol. The van der Waals surface area contributed by atoms with Gasteiger partial charge in [-0.1, -0.05) is 0 Å². The first-order valence-corrected chi connectivity index (χ1v) is 7.00. The normalized spacial score (nSPS) is 36.4. The highest BCUT2D eigenvalue weighted by molar-refractivity contribution is 7.99. The molecule has 2 saturated heterocycles. The molecule has 0 bridgehead atoms. The molecule has 0 aliphatic carbocycles. The second-order valence-electron chi connectivity index (χ2n) is 4.88. The summed E-state index contributed by atoms with van der Waals surface area (Å²) in [5.74, 6) is 2.09. The average Bonchev–Trinajstić information content (AvgIpc) is 2.31. The van der Waals surface area contributed by atoms with Crippen LogP contribution in [0.2, 0.25) is 0 Å². The van der Waals surface area contributed by atoms with E-state index in [9.17, 15) is 10.2 Å². The molecule has 1 unspecified atom stereocenters. The third kappa shape index (κ3) is 2.05. The van der Waals surface area contributed by atoms with Crippen molar-refractivity contribution in [1.29, 1.82) is 0 Å². The van der Waals surface area contributed by atoms with E-state index in [0.29, 0.717) is 0 Å². The largest absolute Gasteiger partial charge is 0.396 e. The van der Waals surface area contributed by atoms with Gasteiger partial charge in [0.2, 0.25) is 0 Å². The highest BCUT2D eigenvalue weighted by Gasteiger charge is 2.50. The number of piperidine rings is 1. The third-order valence-electron chi connectivity index (χ3n) is 4.04. The molecular weight excluding hydrogens is 210 g/mol. The van der Waals surface area contributed by atoms with Crippen LogP contribution < -0.4 is 5.32 Å². The predicted octanol–water partition coefficient (Wildman–Crippen LogP) is 0.607. The Hall–Kier alpha value is 0.230. The van der Waals surface area contributed by atoms with Crippen LogP contribution in [-0.4, -0.2) is 47.0 Å². The first-order chi connectivity index (χ1) is 7.22. The lowest BCUT2D eigenvalue weighted by molar-refractivity contribution is -0.120. The molecule has 2 fully saturated rings. The Kier molecular flexibility index (Phi) is 3.60. The summed E-state index contributed by atoms with van der Waals surface area (Å²) in [5.41, 5.74) is -0.877. The second-order valence-corrected chi connectivity index (χ2v) is 5.98. The van der Waals surface area contributed by atoms with Gasteiger partial charge in [-0.2, -0.15) is 11.8 Å². The van der Waals surface area contributed by atoms with Crippen molar-refractivity contribution in [2.24, 2.45) is 5.41 Å². The lowest BCUT2D eigenvalue weighted by Gasteiger charge is -2.50. The number of thioether (sulfide) groups is 1. The van der Waals surface area contributed by atoms with Crippen LogP contribution in [0, 0.1) is 5.41 Å². The molecule has 2 heterocycles. The van der Waals surface area contributed by atoms with Crippen molar-refractivity contribution in [3.05, 3.63) is 0 Å². The molecule has 0 radical (unpaired) electrons. The van der Waals surface area contributed by atoms with Gasteiger partial charge in [0, 0.05) is 11.2 Å². The van der Waals surface area contributed by atoms with Gasteiger partial charge in [-0.15, -0.1) is 0 Å². The molecule has 0 amide bonds. The molecule has 3 N–H and O–H groups in total. The lowest BCUT2D eigenvalue weighted by atomic mass is 9.66. The summed E-state index contributed by atoms with van der Waals surface area (Å²) in [6.45, 7) is 1.89. The number of nitrogens with one attached hydrogen (secondary N) is 1. The minimum Gasteiger partial charge on any atom is -0.396 e. The molecule has 3 nitrogen and oxygen atoms in total. The molecule has 2 rings (SSSR count). The monoisotopic (exact) mass is 231 g/mol. The fourth-order valence-corrected chi connectivity index (χ4v) is 4.25. The van der Waals surface area contributed by atoms with Gasteiger partial charge in [0.1, 0.15) is 0 Å². The zero-order chi connectivity index (χ0) is 10.8. The molecule has 4 heteroatoms. The zero-order valence-corrected chi connectivity index (χ0v) is 9.98. The van der Waals surface area contributed by atoms with Crippen molar-refractivity contribution in [1.82, 2.24) is 5.32 Å². The summed E-state index contributed by atoms with van der Waals surface area (Å²) in [4.78, 5) is 0. The van der Waals surface area contributed by atoms with Crippen molar-refractivity contribution in [2.45, 2.75) is 31.3 Å². The van der Waals surface area contributed by atoms with Gasteiger partial charge in [0.25, 0.3) is 0 Å². The van der Waals surface area contributed by atoms with Crippen LogP contribution in [0.5, 0.6) is 0 Å². The van der Waals surface area contributed by atoms with E-state index < -0.39 is 5.60 Å². The Balaban J connectivity index is 2.15. The van der Waals surface area contributed by atoms with Crippen LogP contribution >= 0.6 is 11.8 Å². The van der Waals surface area contributed by atoms with E-state index in [-0.39, 0.29) is 12.0 Å². The average molecular weight is 231 g/mol. The molecular formula is C11H21NO2S. The van der Waals surface area contributed by atoms with E-state index in [1.807, 2.05) is 11.8 Å². The molecule has 2 aliphatic heterocycles. The second kappa shape index (κ2) is 4.62. The highest BCUT2D eigenvalue weighted by Crippen LogP contribution is 2.46. The van der Waals surface area contributed by atoms with Gasteiger partial charge < -0.3 is 15.5 Å². The van der Waals surface area contributed by atoms with E-state index >= 15 is 0 Å². The molecule has 0 aromatic carbocycles. The van der Waals surface area contributed by atoms with Crippen molar-refractivity contribution in [3.63, 3.8) is 0 Å². The topological polar surface area (TPSA) is 52.5 Å². The fourth-order valence-electron chi connectivity index (χ4n) is 2.86. The standard InChI is InChI=1S/C11H21NO2S/c13-8-10(2-1-7-15-9-10)11(14)3-5-12-6-4-11/h12-14H,1-9H2.